The number of ether oxygens (including phenoxy) is 1. The predicted octanol–water partition coefficient (Wildman–Crippen LogP) is 1.27. The molecule has 3 rings (SSSR count). The maximum Gasteiger partial charge on any atom is 0.168 e. The number of nitrogens with one attached hydrogen (secondary N) is 2. The molecule has 2 aromatic rings. The number of benzene rings is 1. The average molecular weight is 244 g/mol. The lowest BCUT2D eigenvalue weighted by Crippen LogP contribution is -2.43. The van der Waals surface area contributed by atoms with E-state index < -0.39 is 0 Å². The number of ketones is 1. The van der Waals surface area contributed by atoms with E-state index in [1.165, 1.54) is 0 Å². The van der Waals surface area contributed by atoms with Crippen LogP contribution in [0.2, 0.25) is 0 Å². The summed E-state index contributed by atoms with van der Waals surface area (Å²) in [5, 5.41) is 4.31. The van der Waals surface area contributed by atoms with Crippen molar-refractivity contribution in [2.75, 3.05) is 19.7 Å². The fourth-order valence-corrected chi connectivity index (χ4v) is 2.30. The van der Waals surface area contributed by atoms with E-state index in [0.717, 1.165) is 23.1 Å². The van der Waals surface area contributed by atoms with Crippen LogP contribution >= 0.6 is 0 Å². The highest BCUT2D eigenvalue weighted by Crippen LogP contribution is 2.15. The van der Waals surface area contributed by atoms with Crippen LogP contribution in [0.15, 0.2) is 30.3 Å². The Hall–Kier alpha value is -1.65. The molecule has 0 saturated carbocycles. The Bertz CT molecular complexity index is 523. The lowest BCUT2D eigenvalue weighted by atomic mass is 10.1. The minimum atomic E-state index is -0.301. The summed E-state index contributed by atoms with van der Waals surface area (Å²) < 4.78 is 5.46. The zero-order valence-corrected chi connectivity index (χ0v) is 10.1. The van der Waals surface area contributed by atoms with Crippen LogP contribution in [0, 0.1) is 0 Å². The van der Waals surface area contributed by atoms with E-state index in [1.807, 2.05) is 30.3 Å². The summed E-state index contributed by atoms with van der Waals surface area (Å²) in [5.41, 5.74) is 2.03. The number of para-hydroxylation sites is 1. The number of fused-ring (bicyclic) bond motifs is 1. The molecule has 0 aliphatic carbocycles. The van der Waals surface area contributed by atoms with Gasteiger partial charge in [0.15, 0.2) is 5.78 Å². The molecule has 1 aromatic heterocycles. The van der Waals surface area contributed by atoms with Crippen molar-refractivity contribution in [3.8, 4) is 0 Å². The fourth-order valence-electron chi connectivity index (χ4n) is 2.30. The Morgan fingerprint density at radius 3 is 3.06 bits per heavy atom. The molecule has 1 fully saturated rings. The molecule has 1 aliphatic heterocycles. The number of carbonyl (C=O) groups excluding carboxylic acids is 1. The molecule has 1 atom stereocenters. The lowest BCUT2D eigenvalue weighted by molar-refractivity contribution is -0.131. The SMILES string of the molecule is O=C(Cc1cc2ccccc2[nH]1)C1CNCCO1. The van der Waals surface area contributed by atoms with Gasteiger partial charge in [0.2, 0.25) is 0 Å². The van der Waals surface area contributed by atoms with Crippen molar-refractivity contribution in [3.63, 3.8) is 0 Å². The molecule has 94 valence electrons. The summed E-state index contributed by atoms with van der Waals surface area (Å²) in [6.45, 7) is 2.07. The Morgan fingerprint density at radius 1 is 1.39 bits per heavy atom. The topological polar surface area (TPSA) is 54.1 Å². The third-order valence-electron chi connectivity index (χ3n) is 3.24. The lowest BCUT2D eigenvalue weighted by Gasteiger charge is -2.22. The number of rotatable bonds is 3. The second kappa shape index (κ2) is 4.92. The van der Waals surface area contributed by atoms with Gasteiger partial charge in [0.25, 0.3) is 0 Å². The number of carbonyl (C=O) groups is 1. The summed E-state index contributed by atoms with van der Waals surface area (Å²) in [6.07, 6.45) is 0.103. The number of aromatic nitrogens is 1. The van der Waals surface area contributed by atoms with Crippen molar-refractivity contribution >= 4 is 16.7 Å². The van der Waals surface area contributed by atoms with E-state index in [2.05, 4.69) is 10.3 Å². The monoisotopic (exact) mass is 244 g/mol. The zero-order valence-electron chi connectivity index (χ0n) is 10.1. The fraction of sp³-hybridized carbons (Fsp3) is 0.357. The van der Waals surface area contributed by atoms with Gasteiger partial charge in [-0.05, 0) is 17.5 Å². The van der Waals surface area contributed by atoms with Gasteiger partial charge in [-0.2, -0.15) is 0 Å². The van der Waals surface area contributed by atoms with E-state index in [1.54, 1.807) is 0 Å². The number of hydrogen-bond donors (Lipinski definition) is 2. The van der Waals surface area contributed by atoms with Crippen LogP contribution in [-0.2, 0) is 16.0 Å². The summed E-state index contributed by atoms with van der Waals surface area (Å²) in [7, 11) is 0. The molecule has 1 aliphatic rings. The first kappa shape index (κ1) is 11.4. The van der Waals surface area contributed by atoms with Gasteiger partial charge < -0.3 is 15.0 Å². The molecule has 1 aromatic carbocycles. The maximum atomic E-state index is 12.1. The quantitative estimate of drug-likeness (QED) is 0.855. The van der Waals surface area contributed by atoms with Gasteiger partial charge >= 0.3 is 0 Å². The van der Waals surface area contributed by atoms with Gasteiger partial charge in [-0.3, -0.25) is 4.79 Å². The molecule has 1 unspecified atom stereocenters. The van der Waals surface area contributed by atoms with Crippen LogP contribution in [0.5, 0.6) is 0 Å². The molecule has 0 amide bonds. The second-order valence-electron chi connectivity index (χ2n) is 4.59. The minimum Gasteiger partial charge on any atom is -0.368 e. The smallest absolute Gasteiger partial charge is 0.168 e. The Kier molecular flexibility index (Phi) is 3.13. The van der Waals surface area contributed by atoms with Gasteiger partial charge in [-0.1, -0.05) is 18.2 Å². The van der Waals surface area contributed by atoms with E-state index >= 15 is 0 Å². The molecule has 0 radical (unpaired) electrons. The molecule has 2 heterocycles. The highest BCUT2D eigenvalue weighted by molar-refractivity contribution is 5.87. The van der Waals surface area contributed by atoms with Crippen LogP contribution in [0.25, 0.3) is 10.9 Å². The van der Waals surface area contributed by atoms with Crippen molar-refractivity contribution in [2.45, 2.75) is 12.5 Å². The third kappa shape index (κ3) is 2.30. The maximum absolute atomic E-state index is 12.1. The van der Waals surface area contributed by atoms with E-state index in [4.69, 9.17) is 4.74 Å². The summed E-state index contributed by atoms with van der Waals surface area (Å²) in [6, 6.07) is 10.1. The predicted molar refractivity (Wildman–Crippen MR) is 69.6 cm³/mol. The van der Waals surface area contributed by atoms with Crippen LogP contribution in [0.1, 0.15) is 5.69 Å². The van der Waals surface area contributed by atoms with Gasteiger partial charge in [0.05, 0.1) is 6.61 Å². The zero-order chi connectivity index (χ0) is 12.4. The largest absolute Gasteiger partial charge is 0.368 e. The Balaban J connectivity index is 1.73. The summed E-state index contributed by atoms with van der Waals surface area (Å²) >= 11 is 0. The number of aromatic amines is 1. The van der Waals surface area contributed by atoms with Crippen LogP contribution < -0.4 is 5.32 Å². The molecule has 4 nitrogen and oxygen atoms in total. The first-order valence-electron chi connectivity index (χ1n) is 6.24. The summed E-state index contributed by atoms with van der Waals surface area (Å²) in [4.78, 5) is 15.3. The van der Waals surface area contributed by atoms with Gasteiger partial charge in [-0.15, -0.1) is 0 Å². The normalized spacial score (nSPS) is 20.1. The average Bonchev–Trinajstić information content (AvgIpc) is 2.82. The van der Waals surface area contributed by atoms with E-state index in [-0.39, 0.29) is 11.9 Å². The van der Waals surface area contributed by atoms with Crippen LogP contribution in [0.3, 0.4) is 0 Å². The van der Waals surface area contributed by atoms with Gasteiger partial charge in [0.1, 0.15) is 6.10 Å². The first-order valence-corrected chi connectivity index (χ1v) is 6.24. The molecule has 2 N–H and O–H groups in total. The molecular weight excluding hydrogens is 228 g/mol. The van der Waals surface area contributed by atoms with Crippen molar-refractivity contribution in [1.82, 2.24) is 10.3 Å². The minimum absolute atomic E-state index is 0.133. The molecule has 4 heteroatoms. The highest BCUT2D eigenvalue weighted by atomic mass is 16.5. The number of H-pyrrole nitrogens is 1. The molecule has 0 spiro atoms. The molecular formula is C14H16N2O2. The Morgan fingerprint density at radius 2 is 2.28 bits per heavy atom. The van der Waals surface area contributed by atoms with Crippen LogP contribution in [0.4, 0.5) is 0 Å². The molecule has 1 saturated heterocycles. The standard InChI is InChI=1S/C14H16N2O2/c17-13(14-9-15-5-6-18-14)8-11-7-10-3-1-2-4-12(10)16-11/h1-4,7,14-16H,5-6,8-9H2. The van der Waals surface area contributed by atoms with Gasteiger partial charge in [0, 0.05) is 30.7 Å². The first-order chi connectivity index (χ1) is 8.83. The highest BCUT2D eigenvalue weighted by Gasteiger charge is 2.22. The van der Waals surface area contributed by atoms with Crippen LogP contribution in [-0.4, -0.2) is 36.6 Å². The second-order valence-corrected chi connectivity index (χ2v) is 4.59. The van der Waals surface area contributed by atoms with E-state index in [0.29, 0.717) is 19.6 Å². The van der Waals surface area contributed by atoms with Crippen molar-refractivity contribution in [2.24, 2.45) is 0 Å². The Labute approximate surface area is 105 Å². The van der Waals surface area contributed by atoms with Gasteiger partial charge in [-0.25, -0.2) is 0 Å². The molecule has 0 bridgehead atoms. The number of hydrogen-bond acceptors (Lipinski definition) is 3. The van der Waals surface area contributed by atoms with Crippen molar-refractivity contribution in [1.29, 1.82) is 0 Å². The molecule has 18 heavy (non-hydrogen) atoms. The van der Waals surface area contributed by atoms with E-state index in [9.17, 15) is 4.79 Å². The number of Topliss-reactive ketones (excluding diaryl/α,β-unsaturated/α-hetero) is 1. The summed E-state index contributed by atoms with van der Waals surface area (Å²) in [5.74, 6) is 0.133. The number of morpholine rings is 1. The third-order valence-corrected chi connectivity index (χ3v) is 3.24. The van der Waals surface area contributed by atoms with Crippen molar-refractivity contribution < 1.29 is 9.53 Å². The van der Waals surface area contributed by atoms with Crippen molar-refractivity contribution in [3.05, 3.63) is 36.0 Å².